The largest absolute Gasteiger partial charge is 0.488 e. The van der Waals surface area contributed by atoms with Gasteiger partial charge in [-0.3, -0.25) is 0 Å². The first kappa shape index (κ1) is 9.43. The van der Waals surface area contributed by atoms with Crippen LogP contribution in [0.15, 0.2) is 35.9 Å². The minimum absolute atomic E-state index is 0.307. The maximum atomic E-state index is 5.72. The van der Waals surface area contributed by atoms with Gasteiger partial charge in [0, 0.05) is 10.1 Å². The van der Waals surface area contributed by atoms with E-state index in [2.05, 4.69) is 6.58 Å². The maximum Gasteiger partial charge on any atom is 0.123 e. The van der Waals surface area contributed by atoms with Crippen molar-refractivity contribution in [1.29, 1.82) is 0 Å². The highest BCUT2D eigenvalue weighted by Gasteiger charge is 1.94. The summed E-state index contributed by atoms with van der Waals surface area (Å²) in [5, 5.41) is 1.11. The van der Waals surface area contributed by atoms with Gasteiger partial charge in [0.15, 0.2) is 0 Å². The van der Waals surface area contributed by atoms with Crippen molar-refractivity contribution in [2.24, 2.45) is 0 Å². The fourth-order valence-electron chi connectivity index (χ4n) is 0.718. The van der Waals surface area contributed by atoms with Crippen LogP contribution in [0.4, 0.5) is 0 Å². The zero-order chi connectivity index (χ0) is 8.97. The molecule has 0 radical (unpaired) electrons. The van der Waals surface area contributed by atoms with E-state index in [0.29, 0.717) is 22.4 Å². The molecule has 3 heteroatoms. The van der Waals surface area contributed by atoms with Crippen LogP contribution in [-0.4, -0.2) is 6.61 Å². The summed E-state index contributed by atoms with van der Waals surface area (Å²) in [7, 11) is 0. The highest BCUT2D eigenvalue weighted by Crippen LogP contribution is 2.17. The van der Waals surface area contributed by atoms with E-state index in [0.717, 1.165) is 0 Å². The summed E-state index contributed by atoms with van der Waals surface area (Å²) in [6.07, 6.45) is 0. The molecule has 0 aliphatic heterocycles. The number of hydrogen-bond acceptors (Lipinski definition) is 1. The summed E-state index contributed by atoms with van der Waals surface area (Å²) in [4.78, 5) is 0. The average molecular weight is 203 g/mol. The number of halogens is 2. The van der Waals surface area contributed by atoms with Crippen LogP contribution in [-0.2, 0) is 0 Å². The van der Waals surface area contributed by atoms with Crippen molar-refractivity contribution in [3.63, 3.8) is 0 Å². The van der Waals surface area contributed by atoms with Crippen molar-refractivity contribution < 1.29 is 4.74 Å². The van der Waals surface area contributed by atoms with Crippen molar-refractivity contribution in [1.82, 2.24) is 0 Å². The normalized spacial score (nSPS) is 9.50. The second kappa shape index (κ2) is 4.39. The molecule has 0 N–H and O–H groups in total. The summed E-state index contributed by atoms with van der Waals surface area (Å²) < 4.78 is 5.23. The summed E-state index contributed by atoms with van der Waals surface area (Å²) >= 11 is 11.2. The lowest BCUT2D eigenvalue weighted by Crippen LogP contribution is -1.95. The van der Waals surface area contributed by atoms with E-state index in [1.807, 2.05) is 12.1 Å². The lowest BCUT2D eigenvalue weighted by Gasteiger charge is -2.03. The lowest BCUT2D eigenvalue weighted by atomic mass is 10.3. The Morgan fingerprint density at radius 1 is 1.50 bits per heavy atom. The van der Waals surface area contributed by atoms with Crippen LogP contribution < -0.4 is 4.74 Å². The van der Waals surface area contributed by atoms with E-state index < -0.39 is 0 Å². The number of ether oxygens (including phenoxy) is 1. The predicted molar refractivity (Wildman–Crippen MR) is 51.9 cm³/mol. The Balaban J connectivity index is 2.57. The van der Waals surface area contributed by atoms with Crippen LogP contribution in [0.3, 0.4) is 0 Å². The second-order valence-corrected chi connectivity index (χ2v) is 3.23. The zero-order valence-corrected chi connectivity index (χ0v) is 7.90. The lowest BCUT2D eigenvalue weighted by molar-refractivity contribution is 0.359. The number of rotatable bonds is 3. The second-order valence-electron chi connectivity index (χ2n) is 2.26. The number of hydrogen-bond donors (Lipinski definition) is 0. The third-order valence-corrected chi connectivity index (χ3v) is 1.54. The monoisotopic (exact) mass is 202 g/mol. The summed E-state index contributed by atoms with van der Waals surface area (Å²) in [5.74, 6) is 0.698. The van der Waals surface area contributed by atoms with Crippen LogP contribution in [0, 0.1) is 0 Å². The summed E-state index contributed by atoms with van der Waals surface area (Å²) in [5.41, 5.74) is 0. The molecule has 0 fully saturated rings. The van der Waals surface area contributed by atoms with Crippen LogP contribution >= 0.6 is 23.2 Å². The Morgan fingerprint density at radius 2 is 2.25 bits per heavy atom. The van der Waals surface area contributed by atoms with Crippen molar-refractivity contribution in [3.8, 4) is 5.75 Å². The molecule has 0 aliphatic rings. The van der Waals surface area contributed by atoms with Crippen molar-refractivity contribution >= 4 is 23.2 Å². The molecular formula is C9H8Cl2O. The Kier molecular flexibility index (Phi) is 3.45. The molecule has 1 aromatic carbocycles. The smallest absolute Gasteiger partial charge is 0.123 e. The van der Waals surface area contributed by atoms with Gasteiger partial charge in [-0.2, -0.15) is 0 Å². The van der Waals surface area contributed by atoms with Gasteiger partial charge in [-0.25, -0.2) is 0 Å². The fraction of sp³-hybridized carbons (Fsp3) is 0.111. The van der Waals surface area contributed by atoms with Gasteiger partial charge in [0.25, 0.3) is 0 Å². The first-order valence-corrected chi connectivity index (χ1v) is 4.16. The third-order valence-electron chi connectivity index (χ3n) is 1.19. The molecule has 0 heterocycles. The quantitative estimate of drug-likeness (QED) is 0.730. The molecule has 0 atom stereocenters. The summed E-state index contributed by atoms with van der Waals surface area (Å²) in [6, 6.07) is 7.13. The highest BCUT2D eigenvalue weighted by molar-refractivity contribution is 6.30. The van der Waals surface area contributed by atoms with Gasteiger partial charge in [-0.1, -0.05) is 35.8 Å². The molecule has 0 amide bonds. The van der Waals surface area contributed by atoms with Crippen LogP contribution in [0.5, 0.6) is 5.75 Å². The molecule has 0 aromatic heterocycles. The van der Waals surface area contributed by atoms with Gasteiger partial charge >= 0.3 is 0 Å². The molecule has 0 saturated carbocycles. The van der Waals surface area contributed by atoms with Crippen molar-refractivity contribution in [2.45, 2.75) is 0 Å². The minimum Gasteiger partial charge on any atom is -0.488 e. The first-order chi connectivity index (χ1) is 5.68. The zero-order valence-electron chi connectivity index (χ0n) is 6.39. The van der Waals surface area contributed by atoms with Gasteiger partial charge in [0.2, 0.25) is 0 Å². The predicted octanol–water partition coefficient (Wildman–Crippen LogP) is 3.47. The molecule has 1 aromatic rings. The van der Waals surface area contributed by atoms with E-state index in [9.17, 15) is 0 Å². The molecule has 1 rings (SSSR count). The fourth-order valence-corrected chi connectivity index (χ4v) is 0.953. The molecule has 64 valence electrons. The Hall–Kier alpha value is -0.660. The molecule has 0 unspecified atom stereocenters. The topological polar surface area (TPSA) is 9.23 Å². The van der Waals surface area contributed by atoms with Crippen LogP contribution in [0.25, 0.3) is 0 Å². The van der Waals surface area contributed by atoms with Gasteiger partial charge in [0.1, 0.15) is 12.4 Å². The van der Waals surface area contributed by atoms with Gasteiger partial charge in [-0.15, -0.1) is 0 Å². The van der Waals surface area contributed by atoms with E-state index in [-0.39, 0.29) is 0 Å². The van der Waals surface area contributed by atoms with Gasteiger partial charge < -0.3 is 4.74 Å². The summed E-state index contributed by atoms with van der Waals surface area (Å²) in [6.45, 7) is 3.81. The Labute approximate surface area is 81.6 Å². The first-order valence-electron chi connectivity index (χ1n) is 3.40. The molecule has 0 aliphatic carbocycles. The minimum atomic E-state index is 0.307. The maximum absolute atomic E-state index is 5.72. The Morgan fingerprint density at radius 3 is 2.83 bits per heavy atom. The van der Waals surface area contributed by atoms with Crippen LogP contribution in [0.1, 0.15) is 0 Å². The molecule has 1 nitrogen and oxygen atoms in total. The van der Waals surface area contributed by atoms with E-state index in [1.165, 1.54) is 0 Å². The van der Waals surface area contributed by atoms with E-state index in [4.69, 9.17) is 27.9 Å². The average Bonchev–Trinajstić information content (AvgIpc) is 2.01. The molecule has 12 heavy (non-hydrogen) atoms. The van der Waals surface area contributed by atoms with Crippen LogP contribution in [0.2, 0.25) is 5.02 Å². The molecule has 0 spiro atoms. The Bertz CT molecular complexity index is 284. The molecule has 0 bridgehead atoms. The SMILES string of the molecule is C=C(Cl)COc1cccc(Cl)c1. The van der Waals surface area contributed by atoms with Gasteiger partial charge in [0.05, 0.1) is 0 Å². The number of benzene rings is 1. The molecule has 0 saturated heterocycles. The van der Waals surface area contributed by atoms with Crippen molar-refractivity contribution in [3.05, 3.63) is 40.9 Å². The van der Waals surface area contributed by atoms with Gasteiger partial charge in [-0.05, 0) is 18.2 Å². The highest BCUT2D eigenvalue weighted by atomic mass is 35.5. The van der Waals surface area contributed by atoms with E-state index in [1.54, 1.807) is 12.1 Å². The van der Waals surface area contributed by atoms with E-state index >= 15 is 0 Å². The standard InChI is InChI=1S/C9H8Cl2O/c1-7(10)6-12-9-4-2-3-8(11)5-9/h2-5H,1,6H2. The third kappa shape index (κ3) is 3.16. The molecular weight excluding hydrogens is 195 g/mol. The van der Waals surface area contributed by atoms with Crippen molar-refractivity contribution in [2.75, 3.05) is 6.61 Å².